The third-order valence-corrected chi connectivity index (χ3v) is 2.81. The number of hydrogen-bond acceptors (Lipinski definition) is 4. The number of carbonyl (C=O) groups excluding carboxylic acids is 1. The standard InChI is InChI=1S/C14H16N4O3/c19-12(6-7-13(20)21)15-9-8-11-16-14(18-17-11)10-4-2-1-3-5-10/h1-5H,6-9H2,(H,15,19)(H,20,21)(H,16,17,18). The quantitative estimate of drug-likeness (QED) is 0.704. The van der Waals surface area contributed by atoms with Crippen molar-refractivity contribution in [2.45, 2.75) is 19.3 Å². The molecule has 0 saturated heterocycles. The number of nitrogens with one attached hydrogen (secondary N) is 2. The Labute approximate surface area is 121 Å². The first-order valence-electron chi connectivity index (χ1n) is 6.60. The van der Waals surface area contributed by atoms with Gasteiger partial charge in [0.2, 0.25) is 5.91 Å². The highest BCUT2D eigenvalue weighted by Crippen LogP contribution is 2.13. The zero-order valence-electron chi connectivity index (χ0n) is 11.4. The number of carbonyl (C=O) groups is 2. The topological polar surface area (TPSA) is 108 Å². The van der Waals surface area contributed by atoms with Crippen molar-refractivity contribution < 1.29 is 14.7 Å². The van der Waals surface area contributed by atoms with Crippen LogP contribution in [0.5, 0.6) is 0 Å². The van der Waals surface area contributed by atoms with Crippen molar-refractivity contribution in [3.63, 3.8) is 0 Å². The molecular formula is C14H16N4O3. The molecule has 0 radical (unpaired) electrons. The number of carboxylic acids is 1. The summed E-state index contributed by atoms with van der Waals surface area (Å²) in [7, 11) is 0. The minimum absolute atomic E-state index is 0.0129. The van der Waals surface area contributed by atoms with Crippen molar-refractivity contribution in [2.75, 3.05) is 6.54 Å². The number of benzene rings is 1. The molecule has 3 N–H and O–H groups in total. The van der Waals surface area contributed by atoms with E-state index in [1.54, 1.807) is 0 Å². The van der Waals surface area contributed by atoms with Crippen LogP contribution in [-0.2, 0) is 16.0 Å². The van der Waals surface area contributed by atoms with Gasteiger partial charge in [0.25, 0.3) is 0 Å². The van der Waals surface area contributed by atoms with Crippen LogP contribution in [-0.4, -0.2) is 38.7 Å². The summed E-state index contributed by atoms with van der Waals surface area (Å²) in [5.74, 6) is 0.0308. The Bertz CT molecular complexity index is 610. The van der Waals surface area contributed by atoms with Crippen LogP contribution in [0.2, 0.25) is 0 Å². The number of hydrogen-bond donors (Lipinski definition) is 3. The van der Waals surface area contributed by atoms with Crippen molar-refractivity contribution in [2.24, 2.45) is 0 Å². The van der Waals surface area contributed by atoms with Crippen molar-refractivity contribution in [3.8, 4) is 11.4 Å². The number of H-pyrrole nitrogens is 1. The summed E-state index contributed by atoms with van der Waals surface area (Å²) >= 11 is 0. The Kier molecular flexibility index (Phi) is 5.03. The van der Waals surface area contributed by atoms with E-state index in [9.17, 15) is 9.59 Å². The summed E-state index contributed by atoms with van der Waals surface area (Å²) in [5, 5.41) is 18.1. The van der Waals surface area contributed by atoms with Gasteiger partial charge in [-0.05, 0) is 0 Å². The van der Waals surface area contributed by atoms with E-state index in [1.807, 2.05) is 30.3 Å². The van der Waals surface area contributed by atoms with Crippen LogP contribution in [0.3, 0.4) is 0 Å². The van der Waals surface area contributed by atoms with Gasteiger partial charge in [-0.15, -0.1) is 0 Å². The molecule has 1 heterocycles. The first-order valence-corrected chi connectivity index (χ1v) is 6.60. The third-order valence-electron chi connectivity index (χ3n) is 2.81. The van der Waals surface area contributed by atoms with Gasteiger partial charge in [0, 0.05) is 24.9 Å². The van der Waals surface area contributed by atoms with E-state index in [0.717, 1.165) is 5.56 Å². The minimum atomic E-state index is -0.979. The maximum Gasteiger partial charge on any atom is 0.303 e. The molecule has 0 saturated carbocycles. The van der Waals surface area contributed by atoms with E-state index < -0.39 is 5.97 Å². The lowest BCUT2D eigenvalue weighted by atomic mass is 10.2. The summed E-state index contributed by atoms with van der Waals surface area (Å²) in [5.41, 5.74) is 0.922. The average molecular weight is 288 g/mol. The maximum atomic E-state index is 11.3. The van der Waals surface area contributed by atoms with Crippen LogP contribution in [0.1, 0.15) is 18.7 Å². The monoisotopic (exact) mass is 288 g/mol. The molecule has 0 aliphatic carbocycles. The van der Waals surface area contributed by atoms with Crippen LogP contribution in [0.4, 0.5) is 0 Å². The fraction of sp³-hybridized carbons (Fsp3) is 0.286. The molecule has 0 fully saturated rings. The third kappa shape index (κ3) is 4.72. The molecule has 21 heavy (non-hydrogen) atoms. The molecule has 0 aliphatic rings. The maximum absolute atomic E-state index is 11.3. The highest BCUT2D eigenvalue weighted by atomic mass is 16.4. The largest absolute Gasteiger partial charge is 0.481 e. The highest BCUT2D eigenvalue weighted by Gasteiger charge is 2.07. The Morgan fingerprint density at radius 3 is 2.67 bits per heavy atom. The lowest BCUT2D eigenvalue weighted by molar-refractivity contribution is -0.138. The van der Waals surface area contributed by atoms with Crippen molar-refractivity contribution in [1.29, 1.82) is 0 Å². The first kappa shape index (κ1) is 14.7. The van der Waals surface area contributed by atoms with Crippen LogP contribution < -0.4 is 5.32 Å². The predicted octanol–water partition coefficient (Wildman–Crippen LogP) is 0.995. The Balaban J connectivity index is 1.78. The zero-order chi connectivity index (χ0) is 15.1. The van der Waals surface area contributed by atoms with Gasteiger partial charge < -0.3 is 10.4 Å². The number of carboxylic acid groups (broad SMARTS) is 1. The molecule has 1 aromatic heterocycles. The molecule has 0 unspecified atom stereocenters. The SMILES string of the molecule is O=C(O)CCC(=O)NCCc1nc(-c2ccccc2)n[nH]1. The van der Waals surface area contributed by atoms with Crippen molar-refractivity contribution >= 4 is 11.9 Å². The zero-order valence-corrected chi connectivity index (χ0v) is 11.4. The van der Waals surface area contributed by atoms with E-state index in [2.05, 4.69) is 20.5 Å². The fourth-order valence-corrected chi connectivity index (χ4v) is 1.75. The van der Waals surface area contributed by atoms with Gasteiger partial charge in [0.15, 0.2) is 5.82 Å². The molecule has 1 aromatic carbocycles. The molecule has 0 aliphatic heterocycles. The fourth-order valence-electron chi connectivity index (χ4n) is 1.75. The Hall–Kier alpha value is -2.70. The van der Waals surface area contributed by atoms with Gasteiger partial charge in [-0.2, -0.15) is 5.10 Å². The van der Waals surface area contributed by atoms with E-state index in [-0.39, 0.29) is 18.7 Å². The Morgan fingerprint density at radius 2 is 1.95 bits per heavy atom. The highest BCUT2D eigenvalue weighted by molar-refractivity contribution is 5.80. The molecule has 0 spiro atoms. The van der Waals surface area contributed by atoms with Gasteiger partial charge in [0.05, 0.1) is 6.42 Å². The second kappa shape index (κ2) is 7.18. The molecule has 7 nitrogen and oxygen atoms in total. The molecule has 2 rings (SSSR count). The molecule has 2 aromatic rings. The van der Waals surface area contributed by atoms with Gasteiger partial charge >= 0.3 is 5.97 Å². The van der Waals surface area contributed by atoms with Gasteiger partial charge in [-0.3, -0.25) is 14.7 Å². The number of amides is 1. The molecule has 0 bridgehead atoms. The van der Waals surface area contributed by atoms with Gasteiger partial charge in [-0.25, -0.2) is 4.98 Å². The number of aromatic amines is 1. The number of rotatable bonds is 7. The lowest BCUT2D eigenvalue weighted by Gasteiger charge is -2.01. The predicted molar refractivity (Wildman–Crippen MR) is 75.4 cm³/mol. The summed E-state index contributed by atoms with van der Waals surface area (Å²) in [6, 6.07) is 9.58. The summed E-state index contributed by atoms with van der Waals surface area (Å²) in [6.07, 6.45) is 0.339. The molecule has 1 amide bonds. The average Bonchev–Trinajstić information content (AvgIpc) is 2.95. The molecular weight excluding hydrogens is 272 g/mol. The lowest BCUT2D eigenvalue weighted by Crippen LogP contribution is -2.26. The smallest absolute Gasteiger partial charge is 0.303 e. The van der Waals surface area contributed by atoms with Crippen LogP contribution in [0.25, 0.3) is 11.4 Å². The molecule has 110 valence electrons. The van der Waals surface area contributed by atoms with E-state index in [4.69, 9.17) is 5.11 Å². The van der Waals surface area contributed by atoms with Crippen molar-refractivity contribution in [1.82, 2.24) is 20.5 Å². The van der Waals surface area contributed by atoms with Crippen molar-refractivity contribution in [3.05, 3.63) is 36.2 Å². The summed E-state index contributed by atoms with van der Waals surface area (Å²) in [6.45, 7) is 0.391. The van der Waals surface area contributed by atoms with Crippen LogP contribution in [0.15, 0.2) is 30.3 Å². The first-order chi connectivity index (χ1) is 10.1. The van der Waals surface area contributed by atoms with Gasteiger partial charge in [0.1, 0.15) is 5.82 Å². The number of nitrogens with zero attached hydrogens (tertiary/aromatic N) is 2. The second-order valence-electron chi connectivity index (χ2n) is 4.47. The van der Waals surface area contributed by atoms with Gasteiger partial charge in [-0.1, -0.05) is 30.3 Å². The normalized spacial score (nSPS) is 10.3. The molecule has 7 heteroatoms. The van der Waals surface area contributed by atoms with E-state index >= 15 is 0 Å². The second-order valence-corrected chi connectivity index (χ2v) is 4.47. The number of aliphatic carboxylic acids is 1. The summed E-state index contributed by atoms with van der Waals surface area (Å²) in [4.78, 5) is 26.0. The minimum Gasteiger partial charge on any atom is -0.481 e. The Morgan fingerprint density at radius 1 is 1.19 bits per heavy atom. The molecule has 0 atom stereocenters. The van der Waals surface area contributed by atoms with Crippen LogP contribution >= 0.6 is 0 Å². The van der Waals surface area contributed by atoms with Crippen LogP contribution in [0, 0.1) is 0 Å². The van der Waals surface area contributed by atoms with E-state index in [0.29, 0.717) is 24.6 Å². The van der Waals surface area contributed by atoms with E-state index in [1.165, 1.54) is 0 Å². The number of aromatic nitrogens is 3. The summed E-state index contributed by atoms with van der Waals surface area (Å²) < 4.78 is 0.